The molecule has 1 heterocycles. The molecule has 4 heteroatoms. The lowest BCUT2D eigenvalue weighted by molar-refractivity contribution is 0.630. The van der Waals surface area contributed by atoms with Crippen molar-refractivity contribution in [2.75, 3.05) is 5.73 Å². The van der Waals surface area contributed by atoms with Crippen LogP contribution in [-0.4, -0.2) is 9.97 Å². The van der Waals surface area contributed by atoms with Crippen molar-refractivity contribution in [3.8, 4) is 22.5 Å². The average molecular weight is 265 g/mol. The Labute approximate surface area is 115 Å². The summed E-state index contributed by atoms with van der Waals surface area (Å²) in [5.41, 5.74) is 8.23. The molecule has 1 aromatic heterocycles. The molecule has 0 unspecified atom stereocenters. The first-order chi connectivity index (χ1) is 9.74. The fourth-order valence-corrected chi connectivity index (χ4v) is 2.03. The second kappa shape index (κ2) is 5.09. The summed E-state index contributed by atoms with van der Waals surface area (Å²) in [6.45, 7) is 0. The molecule has 2 aromatic carbocycles. The Morgan fingerprint density at radius 1 is 0.800 bits per heavy atom. The van der Waals surface area contributed by atoms with Crippen LogP contribution in [0.2, 0.25) is 0 Å². The van der Waals surface area contributed by atoms with E-state index in [0.717, 1.165) is 5.56 Å². The Morgan fingerprint density at radius 2 is 1.45 bits per heavy atom. The van der Waals surface area contributed by atoms with Gasteiger partial charge in [0, 0.05) is 11.1 Å². The highest BCUT2D eigenvalue weighted by Gasteiger charge is 2.09. The maximum Gasteiger partial charge on any atom is 0.221 e. The van der Waals surface area contributed by atoms with Crippen LogP contribution in [0.3, 0.4) is 0 Å². The van der Waals surface area contributed by atoms with Crippen molar-refractivity contribution in [3.63, 3.8) is 0 Å². The zero-order valence-corrected chi connectivity index (χ0v) is 10.6. The first-order valence-electron chi connectivity index (χ1n) is 6.19. The Kier molecular flexibility index (Phi) is 3.13. The van der Waals surface area contributed by atoms with Crippen molar-refractivity contribution < 1.29 is 4.39 Å². The third-order valence-electron chi connectivity index (χ3n) is 2.96. The summed E-state index contributed by atoms with van der Waals surface area (Å²) in [6.07, 6.45) is 0. The SMILES string of the molecule is Nc1nc(-c2ccccc2)cc(-c2ccccc2F)n1. The lowest BCUT2D eigenvalue weighted by atomic mass is 10.1. The van der Waals surface area contributed by atoms with Crippen molar-refractivity contribution >= 4 is 5.95 Å². The molecule has 0 saturated heterocycles. The van der Waals surface area contributed by atoms with E-state index in [1.165, 1.54) is 6.07 Å². The summed E-state index contributed by atoms with van der Waals surface area (Å²) in [4.78, 5) is 8.32. The number of aromatic nitrogens is 2. The normalized spacial score (nSPS) is 10.4. The molecule has 3 nitrogen and oxygen atoms in total. The van der Waals surface area contributed by atoms with Gasteiger partial charge < -0.3 is 5.73 Å². The monoisotopic (exact) mass is 265 g/mol. The number of hydrogen-bond donors (Lipinski definition) is 1. The van der Waals surface area contributed by atoms with E-state index < -0.39 is 0 Å². The molecule has 0 spiro atoms. The van der Waals surface area contributed by atoms with Crippen molar-refractivity contribution in [1.29, 1.82) is 0 Å². The fraction of sp³-hybridized carbons (Fsp3) is 0. The van der Waals surface area contributed by atoms with Gasteiger partial charge in [-0.2, -0.15) is 0 Å². The van der Waals surface area contributed by atoms with Crippen molar-refractivity contribution in [3.05, 3.63) is 66.5 Å². The molecule has 0 bridgehead atoms. The number of nitrogens with two attached hydrogens (primary N) is 1. The highest BCUT2D eigenvalue weighted by Crippen LogP contribution is 2.25. The van der Waals surface area contributed by atoms with E-state index >= 15 is 0 Å². The first kappa shape index (κ1) is 12.3. The van der Waals surface area contributed by atoms with E-state index in [4.69, 9.17) is 5.73 Å². The molecule has 2 N–H and O–H groups in total. The second-order valence-electron chi connectivity index (χ2n) is 4.34. The molecule has 20 heavy (non-hydrogen) atoms. The molecular formula is C16H12FN3. The number of halogens is 1. The summed E-state index contributed by atoms with van der Waals surface area (Å²) in [7, 11) is 0. The number of hydrogen-bond acceptors (Lipinski definition) is 3. The molecule has 3 rings (SSSR count). The number of nitrogen functional groups attached to an aromatic ring is 1. The third-order valence-corrected chi connectivity index (χ3v) is 2.96. The molecule has 0 atom stereocenters. The lowest BCUT2D eigenvalue weighted by Crippen LogP contribution is -1.99. The van der Waals surface area contributed by atoms with E-state index in [2.05, 4.69) is 9.97 Å². The van der Waals surface area contributed by atoms with Gasteiger partial charge in [-0.05, 0) is 18.2 Å². The van der Waals surface area contributed by atoms with E-state index in [0.29, 0.717) is 17.0 Å². The fourth-order valence-electron chi connectivity index (χ4n) is 2.03. The van der Waals surface area contributed by atoms with Gasteiger partial charge in [0.05, 0.1) is 11.4 Å². The summed E-state index contributed by atoms with van der Waals surface area (Å²) < 4.78 is 13.8. The van der Waals surface area contributed by atoms with Crippen LogP contribution in [0.4, 0.5) is 10.3 Å². The molecule has 0 radical (unpaired) electrons. The molecule has 3 aromatic rings. The molecular weight excluding hydrogens is 253 g/mol. The van der Waals surface area contributed by atoms with Crippen LogP contribution in [0.5, 0.6) is 0 Å². The number of nitrogens with zero attached hydrogens (tertiary/aromatic N) is 2. The van der Waals surface area contributed by atoms with E-state index in [1.807, 2.05) is 30.3 Å². The average Bonchev–Trinajstić information content (AvgIpc) is 2.48. The van der Waals surface area contributed by atoms with Gasteiger partial charge in [0.15, 0.2) is 0 Å². The predicted octanol–water partition coefficient (Wildman–Crippen LogP) is 3.53. The van der Waals surface area contributed by atoms with E-state index in [9.17, 15) is 4.39 Å². The Balaban J connectivity index is 2.15. The minimum atomic E-state index is -0.329. The van der Waals surface area contributed by atoms with Gasteiger partial charge in [-0.15, -0.1) is 0 Å². The maximum absolute atomic E-state index is 13.8. The molecule has 0 saturated carbocycles. The topological polar surface area (TPSA) is 51.8 Å². The van der Waals surface area contributed by atoms with Gasteiger partial charge in [0.2, 0.25) is 5.95 Å². The molecule has 0 fully saturated rings. The highest BCUT2D eigenvalue weighted by molar-refractivity contribution is 5.69. The quantitative estimate of drug-likeness (QED) is 0.771. The Morgan fingerprint density at radius 3 is 2.20 bits per heavy atom. The predicted molar refractivity (Wildman–Crippen MR) is 77.3 cm³/mol. The van der Waals surface area contributed by atoms with Crippen molar-refractivity contribution in [1.82, 2.24) is 9.97 Å². The van der Waals surface area contributed by atoms with Gasteiger partial charge in [0.1, 0.15) is 5.82 Å². The minimum absolute atomic E-state index is 0.129. The number of benzene rings is 2. The molecule has 0 aliphatic carbocycles. The third kappa shape index (κ3) is 2.36. The van der Waals surface area contributed by atoms with Crippen LogP contribution in [0.25, 0.3) is 22.5 Å². The van der Waals surface area contributed by atoms with Crippen LogP contribution in [-0.2, 0) is 0 Å². The van der Waals surface area contributed by atoms with Crippen molar-refractivity contribution in [2.24, 2.45) is 0 Å². The molecule has 98 valence electrons. The Bertz CT molecular complexity index is 742. The zero-order valence-electron chi connectivity index (χ0n) is 10.6. The largest absolute Gasteiger partial charge is 0.368 e. The summed E-state index contributed by atoms with van der Waals surface area (Å²) in [6, 6.07) is 17.8. The number of rotatable bonds is 2. The smallest absolute Gasteiger partial charge is 0.221 e. The van der Waals surface area contributed by atoms with Gasteiger partial charge >= 0.3 is 0 Å². The van der Waals surface area contributed by atoms with Gasteiger partial charge in [-0.3, -0.25) is 0 Å². The molecule has 0 aliphatic rings. The van der Waals surface area contributed by atoms with Crippen LogP contribution in [0.1, 0.15) is 0 Å². The highest BCUT2D eigenvalue weighted by atomic mass is 19.1. The van der Waals surface area contributed by atoms with Gasteiger partial charge in [0.25, 0.3) is 0 Å². The minimum Gasteiger partial charge on any atom is -0.368 e. The van der Waals surface area contributed by atoms with E-state index in [-0.39, 0.29) is 11.8 Å². The van der Waals surface area contributed by atoms with Crippen LogP contribution >= 0.6 is 0 Å². The standard InChI is InChI=1S/C16H12FN3/c17-13-9-5-4-8-12(13)15-10-14(19-16(18)20-15)11-6-2-1-3-7-11/h1-10H,(H2,18,19,20). The zero-order chi connectivity index (χ0) is 13.9. The van der Waals surface area contributed by atoms with Gasteiger partial charge in [-0.25, -0.2) is 14.4 Å². The number of anilines is 1. The maximum atomic E-state index is 13.8. The Hall–Kier alpha value is -2.75. The van der Waals surface area contributed by atoms with Gasteiger partial charge in [-0.1, -0.05) is 42.5 Å². The lowest BCUT2D eigenvalue weighted by Gasteiger charge is -2.07. The second-order valence-corrected chi connectivity index (χ2v) is 4.34. The van der Waals surface area contributed by atoms with Crippen LogP contribution < -0.4 is 5.73 Å². The summed E-state index contributed by atoms with van der Waals surface area (Å²) >= 11 is 0. The summed E-state index contributed by atoms with van der Waals surface area (Å²) in [5, 5.41) is 0. The molecule has 0 amide bonds. The summed E-state index contributed by atoms with van der Waals surface area (Å²) in [5.74, 6) is -0.200. The van der Waals surface area contributed by atoms with Crippen LogP contribution in [0, 0.1) is 5.82 Å². The van der Waals surface area contributed by atoms with Crippen LogP contribution in [0.15, 0.2) is 60.7 Å². The molecule has 0 aliphatic heterocycles. The first-order valence-corrected chi connectivity index (χ1v) is 6.19. The van der Waals surface area contributed by atoms with Crippen molar-refractivity contribution in [2.45, 2.75) is 0 Å². The van der Waals surface area contributed by atoms with E-state index in [1.54, 1.807) is 24.3 Å².